The smallest absolute Gasteiger partial charge is 0.137 e. The molecule has 0 saturated heterocycles. The highest BCUT2D eigenvalue weighted by Crippen LogP contribution is 2.16. The van der Waals surface area contributed by atoms with Crippen LogP contribution in [0.4, 0.5) is 0 Å². The largest absolute Gasteiger partial charge is 0.489 e. The average Bonchev–Trinajstić information content (AvgIpc) is 2.46. The third-order valence-corrected chi connectivity index (χ3v) is 2.79. The molecule has 0 aromatic heterocycles. The molecular formula is C14H20N2O3. The molecule has 0 heterocycles. The zero-order valence-electron chi connectivity index (χ0n) is 11.0. The molecule has 5 nitrogen and oxygen atoms in total. The number of aliphatic hydroxyl groups excluding tert-OH is 2. The van der Waals surface area contributed by atoms with Gasteiger partial charge in [0.1, 0.15) is 24.5 Å². The number of nitriles is 1. The van der Waals surface area contributed by atoms with Crippen molar-refractivity contribution in [2.24, 2.45) is 0 Å². The van der Waals surface area contributed by atoms with Gasteiger partial charge in [-0.05, 0) is 18.6 Å². The van der Waals surface area contributed by atoms with Gasteiger partial charge in [-0.25, -0.2) is 0 Å². The zero-order valence-corrected chi connectivity index (χ0v) is 11.0. The van der Waals surface area contributed by atoms with Crippen LogP contribution >= 0.6 is 0 Å². The molecule has 1 aromatic carbocycles. The molecule has 2 atom stereocenters. The summed E-state index contributed by atoms with van der Waals surface area (Å²) < 4.78 is 5.41. The van der Waals surface area contributed by atoms with E-state index in [0.717, 1.165) is 6.42 Å². The van der Waals surface area contributed by atoms with Crippen molar-refractivity contribution in [1.29, 1.82) is 5.26 Å². The van der Waals surface area contributed by atoms with E-state index in [2.05, 4.69) is 5.32 Å². The number of nitrogens with one attached hydrogen (secondary N) is 1. The standard InChI is InChI=1S/C14H20N2O3/c1-2-12(9-17)16-8-13(18)10-19-14-6-4-3-5-11(14)7-15/h3-6,12-13,16-18H,2,8-10H2,1H3. The highest BCUT2D eigenvalue weighted by atomic mass is 16.5. The summed E-state index contributed by atoms with van der Waals surface area (Å²) in [6.07, 6.45) is 0.105. The minimum absolute atomic E-state index is 0.0129. The van der Waals surface area contributed by atoms with Crippen molar-refractivity contribution in [3.05, 3.63) is 29.8 Å². The van der Waals surface area contributed by atoms with Crippen LogP contribution in [-0.4, -0.2) is 42.1 Å². The van der Waals surface area contributed by atoms with Crippen molar-refractivity contribution in [2.75, 3.05) is 19.8 Å². The molecule has 1 aromatic rings. The van der Waals surface area contributed by atoms with Crippen molar-refractivity contribution < 1.29 is 14.9 Å². The second-order valence-electron chi connectivity index (χ2n) is 4.27. The van der Waals surface area contributed by atoms with Crippen molar-refractivity contribution in [3.63, 3.8) is 0 Å². The van der Waals surface area contributed by atoms with Crippen LogP contribution in [0.3, 0.4) is 0 Å². The van der Waals surface area contributed by atoms with E-state index in [4.69, 9.17) is 15.1 Å². The van der Waals surface area contributed by atoms with Crippen molar-refractivity contribution in [2.45, 2.75) is 25.5 Å². The summed E-state index contributed by atoms with van der Waals surface area (Å²) in [6, 6.07) is 8.92. The van der Waals surface area contributed by atoms with Gasteiger partial charge in [0.25, 0.3) is 0 Å². The van der Waals surface area contributed by atoms with Crippen LogP contribution in [0.15, 0.2) is 24.3 Å². The Bertz CT molecular complexity index is 413. The molecule has 1 rings (SSSR count). The maximum Gasteiger partial charge on any atom is 0.137 e. The fourth-order valence-electron chi connectivity index (χ4n) is 1.57. The Morgan fingerprint density at radius 3 is 2.79 bits per heavy atom. The SMILES string of the molecule is CCC(CO)NCC(O)COc1ccccc1C#N. The van der Waals surface area contributed by atoms with Gasteiger partial charge in [0.05, 0.1) is 12.2 Å². The molecule has 0 aliphatic rings. The molecule has 3 N–H and O–H groups in total. The van der Waals surface area contributed by atoms with Gasteiger partial charge in [-0.15, -0.1) is 0 Å². The number of aliphatic hydroxyl groups is 2. The van der Waals surface area contributed by atoms with E-state index in [1.54, 1.807) is 24.3 Å². The van der Waals surface area contributed by atoms with E-state index >= 15 is 0 Å². The zero-order chi connectivity index (χ0) is 14.1. The van der Waals surface area contributed by atoms with E-state index in [0.29, 0.717) is 17.9 Å². The minimum atomic E-state index is -0.688. The van der Waals surface area contributed by atoms with E-state index < -0.39 is 6.10 Å². The first-order valence-electron chi connectivity index (χ1n) is 6.35. The molecule has 0 aliphatic carbocycles. The predicted molar refractivity (Wildman–Crippen MR) is 71.8 cm³/mol. The second-order valence-corrected chi connectivity index (χ2v) is 4.27. The maximum atomic E-state index is 9.76. The van der Waals surface area contributed by atoms with Crippen LogP contribution in [0, 0.1) is 11.3 Å². The van der Waals surface area contributed by atoms with Gasteiger partial charge in [-0.1, -0.05) is 19.1 Å². The van der Waals surface area contributed by atoms with Crippen LogP contribution in [0.2, 0.25) is 0 Å². The first-order chi connectivity index (χ1) is 9.21. The van der Waals surface area contributed by atoms with E-state index in [1.807, 2.05) is 13.0 Å². The van der Waals surface area contributed by atoms with Gasteiger partial charge in [0, 0.05) is 12.6 Å². The fraction of sp³-hybridized carbons (Fsp3) is 0.500. The Morgan fingerprint density at radius 1 is 1.42 bits per heavy atom. The third kappa shape index (κ3) is 5.26. The summed E-state index contributed by atoms with van der Waals surface area (Å²) in [6.45, 7) is 2.45. The van der Waals surface area contributed by atoms with Gasteiger partial charge in [-0.2, -0.15) is 5.26 Å². The Morgan fingerprint density at radius 2 is 2.16 bits per heavy atom. The molecule has 0 radical (unpaired) electrons. The van der Waals surface area contributed by atoms with E-state index in [9.17, 15) is 5.11 Å². The molecule has 0 bridgehead atoms. The van der Waals surface area contributed by atoms with Crippen LogP contribution in [0.1, 0.15) is 18.9 Å². The number of ether oxygens (including phenoxy) is 1. The summed E-state index contributed by atoms with van der Waals surface area (Å²) in [5.74, 6) is 0.471. The molecular weight excluding hydrogens is 244 g/mol. The summed E-state index contributed by atoms with van der Waals surface area (Å²) in [7, 11) is 0. The Balaban J connectivity index is 2.38. The summed E-state index contributed by atoms with van der Waals surface area (Å²) in [5, 5.41) is 30.7. The summed E-state index contributed by atoms with van der Waals surface area (Å²) in [5.41, 5.74) is 0.449. The van der Waals surface area contributed by atoms with Crippen molar-refractivity contribution >= 4 is 0 Å². The van der Waals surface area contributed by atoms with E-state index in [1.165, 1.54) is 0 Å². The topological polar surface area (TPSA) is 85.5 Å². The molecule has 0 amide bonds. The monoisotopic (exact) mass is 264 g/mol. The molecule has 0 saturated carbocycles. The first kappa shape index (κ1) is 15.4. The molecule has 2 unspecified atom stereocenters. The molecule has 0 aliphatic heterocycles. The van der Waals surface area contributed by atoms with Crippen LogP contribution in [0.5, 0.6) is 5.75 Å². The van der Waals surface area contributed by atoms with Crippen molar-refractivity contribution in [1.82, 2.24) is 5.32 Å². The highest BCUT2D eigenvalue weighted by Gasteiger charge is 2.10. The lowest BCUT2D eigenvalue weighted by Crippen LogP contribution is -2.39. The van der Waals surface area contributed by atoms with Gasteiger partial charge < -0.3 is 20.3 Å². The Labute approximate surface area is 113 Å². The third-order valence-electron chi connectivity index (χ3n) is 2.79. The Hall–Kier alpha value is -1.61. The number of benzene rings is 1. The van der Waals surface area contributed by atoms with Crippen LogP contribution < -0.4 is 10.1 Å². The van der Waals surface area contributed by atoms with Gasteiger partial charge in [-0.3, -0.25) is 0 Å². The van der Waals surface area contributed by atoms with Crippen LogP contribution in [0.25, 0.3) is 0 Å². The number of nitrogens with zero attached hydrogens (tertiary/aromatic N) is 1. The Kier molecular flexibility index (Phi) is 6.90. The molecule has 0 fully saturated rings. The average molecular weight is 264 g/mol. The first-order valence-corrected chi connectivity index (χ1v) is 6.35. The molecule has 5 heteroatoms. The molecule has 104 valence electrons. The van der Waals surface area contributed by atoms with E-state index in [-0.39, 0.29) is 19.3 Å². The summed E-state index contributed by atoms with van der Waals surface area (Å²) in [4.78, 5) is 0. The number of para-hydroxylation sites is 1. The number of hydrogen-bond donors (Lipinski definition) is 3. The fourth-order valence-corrected chi connectivity index (χ4v) is 1.57. The normalized spacial score (nSPS) is 13.6. The molecule has 19 heavy (non-hydrogen) atoms. The number of rotatable bonds is 8. The lowest BCUT2D eigenvalue weighted by Gasteiger charge is -2.18. The lowest BCUT2D eigenvalue weighted by atomic mass is 10.2. The van der Waals surface area contributed by atoms with Gasteiger partial charge in [0.15, 0.2) is 0 Å². The van der Waals surface area contributed by atoms with Crippen LogP contribution in [-0.2, 0) is 0 Å². The lowest BCUT2D eigenvalue weighted by molar-refractivity contribution is 0.0993. The second kappa shape index (κ2) is 8.48. The predicted octanol–water partition coefficient (Wildman–Crippen LogP) is 0.658. The maximum absolute atomic E-state index is 9.76. The minimum Gasteiger partial charge on any atom is -0.489 e. The molecule has 0 spiro atoms. The van der Waals surface area contributed by atoms with Crippen molar-refractivity contribution in [3.8, 4) is 11.8 Å². The quantitative estimate of drug-likeness (QED) is 0.642. The number of hydrogen-bond acceptors (Lipinski definition) is 5. The summed E-state index contributed by atoms with van der Waals surface area (Å²) >= 11 is 0. The highest BCUT2D eigenvalue weighted by molar-refractivity contribution is 5.42. The van der Waals surface area contributed by atoms with Gasteiger partial charge >= 0.3 is 0 Å². The van der Waals surface area contributed by atoms with Gasteiger partial charge in [0.2, 0.25) is 0 Å².